The lowest BCUT2D eigenvalue weighted by Crippen LogP contribution is -2.49. The second-order valence-corrected chi connectivity index (χ2v) is 12.2. The number of rotatable bonds is 14. The summed E-state index contributed by atoms with van der Waals surface area (Å²) in [6.45, 7) is 0.000776. The first-order valence-corrected chi connectivity index (χ1v) is 15.9. The molecule has 0 aromatic heterocycles. The van der Waals surface area contributed by atoms with Gasteiger partial charge in [0.2, 0.25) is 5.91 Å². The second-order valence-electron chi connectivity index (χ2n) is 12.2. The molecule has 2 atom stereocenters. The number of fused-ring (bicyclic) bond motifs is 2. The molecule has 1 aliphatic heterocycles. The Balaban J connectivity index is 1.31. The van der Waals surface area contributed by atoms with Crippen molar-refractivity contribution in [1.82, 2.24) is 4.90 Å². The van der Waals surface area contributed by atoms with Gasteiger partial charge in [-0.1, -0.05) is 67.4 Å². The fraction of sp³-hybridized carbons (Fsp3) is 0.500. The van der Waals surface area contributed by atoms with E-state index in [1.165, 1.54) is 16.7 Å². The number of aliphatic hydroxyl groups excluding tert-OH is 1. The quantitative estimate of drug-likeness (QED) is 0.225. The molecule has 2 aliphatic carbocycles. The zero-order valence-electron chi connectivity index (χ0n) is 25.0. The lowest BCUT2D eigenvalue weighted by Gasteiger charge is -2.37. The number of amides is 1. The monoisotopic (exact) mass is 585 g/mol. The first-order chi connectivity index (χ1) is 20.9. The number of Topliss-reactive ketones (excluding diaryl/α,β-unsaturated/α-hetero) is 2. The van der Waals surface area contributed by atoms with Crippen molar-refractivity contribution in [2.45, 2.75) is 102 Å². The molecule has 1 N–H and O–H groups in total. The van der Waals surface area contributed by atoms with Gasteiger partial charge in [0.15, 0.2) is 11.6 Å². The van der Waals surface area contributed by atoms with Gasteiger partial charge in [0, 0.05) is 32.2 Å². The summed E-state index contributed by atoms with van der Waals surface area (Å²) < 4.78 is 5.90. The summed E-state index contributed by atoms with van der Waals surface area (Å²) in [4.78, 5) is 54.4. The van der Waals surface area contributed by atoms with Crippen LogP contribution in [0.5, 0.6) is 0 Å². The van der Waals surface area contributed by atoms with E-state index >= 15 is 0 Å². The first kappa shape index (κ1) is 30.9. The average Bonchev–Trinajstić information content (AvgIpc) is 3.68. The van der Waals surface area contributed by atoms with Gasteiger partial charge in [-0.25, -0.2) is 0 Å². The van der Waals surface area contributed by atoms with Gasteiger partial charge >= 0.3 is 5.97 Å². The Morgan fingerprint density at radius 1 is 0.884 bits per heavy atom. The molecule has 2 aromatic carbocycles. The first-order valence-electron chi connectivity index (χ1n) is 15.9. The summed E-state index contributed by atoms with van der Waals surface area (Å²) in [5, 5.41) is 8.90. The molecular weight excluding hydrogens is 542 g/mol. The molecule has 1 saturated carbocycles. The third-order valence-electron chi connectivity index (χ3n) is 9.25. The molecule has 0 spiro atoms. The van der Waals surface area contributed by atoms with E-state index in [1.54, 1.807) is 4.90 Å². The number of hydrogen-bond acceptors (Lipinski definition) is 6. The highest BCUT2D eigenvalue weighted by molar-refractivity contribution is 5.96. The molecule has 7 nitrogen and oxygen atoms in total. The highest BCUT2D eigenvalue weighted by atomic mass is 16.5. The molecule has 0 unspecified atom stereocenters. The van der Waals surface area contributed by atoms with Crippen molar-refractivity contribution >= 4 is 29.0 Å². The van der Waals surface area contributed by atoms with E-state index in [0.29, 0.717) is 38.6 Å². The largest absolute Gasteiger partial charge is 0.462 e. The van der Waals surface area contributed by atoms with Gasteiger partial charge in [-0.05, 0) is 72.8 Å². The summed E-state index contributed by atoms with van der Waals surface area (Å²) in [5.41, 5.74) is 5.52. The maximum atomic E-state index is 14.2. The van der Waals surface area contributed by atoms with E-state index < -0.39 is 18.6 Å². The van der Waals surface area contributed by atoms with E-state index in [-0.39, 0.29) is 36.0 Å². The van der Waals surface area contributed by atoms with Crippen LogP contribution in [0.4, 0.5) is 0 Å². The standard InChI is InChI=1S/C36H43NO6/c38-24-28(39)15-6-1-2-7-19-35(41)37-23-27-20-26-14-8-11-18-30(26)31(27)21-33(37)34(40)22-32(25-12-4-3-5-13-25)36(42)43-29-16-9-10-17-29/h3-5,8,11-14,18,29,32-33,38H,1-2,6-7,9-10,15-17,19-24H2/t32-,33+/m0/s1. The minimum Gasteiger partial charge on any atom is -0.462 e. The highest BCUT2D eigenvalue weighted by Gasteiger charge is 2.40. The lowest BCUT2D eigenvalue weighted by molar-refractivity contribution is -0.152. The average molecular weight is 586 g/mol. The van der Waals surface area contributed by atoms with Crippen molar-refractivity contribution in [2.24, 2.45) is 0 Å². The number of nitrogens with zero attached hydrogens (tertiary/aromatic N) is 1. The topological polar surface area (TPSA) is 101 Å². The predicted octanol–water partition coefficient (Wildman–Crippen LogP) is 5.73. The number of hydrogen-bond donors (Lipinski definition) is 1. The molecule has 0 bridgehead atoms. The third kappa shape index (κ3) is 7.69. The van der Waals surface area contributed by atoms with Gasteiger partial charge in [0.05, 0.1) is 12.0 Å². The van der Waals surface area contributed by atoms with Crippen LogP contribution in [0.1, 0.15) is 99.7 Å². The Kier molecular flexibility index (Phi) is 10.6. The molecule has 1 heterocycles. The molecule has 5 rings (SSSR count). The van der Waals surface area contributed by atoms with Crippen molar-refractivity contribution in [3.05, 3.63) is 76.9 Å². The Bertz CT molecular complexity index is 1340. The SMILES string of the molecule is O=C(CO)CCCCCCC(=O)N1CC2=C(C[C@@H]1C(=O)C[C@H](C(=O)OC1CCCC1)c1ccccc1)c1ccccc1C2. The number of ketones is 2. The number of carbonyl (C=O) groups excluding carboxylic acids is 4. The van der Waals surface area contributed by atoms with E-state index in [4.69, 9.17) is 9.84 Å². The molecule has 7 heteroatoms. The number of esters is 1. The third-order valence-corrected chi connectivity index (χ3v) is 9.25. The van der Waals surface area contributed by atoms with Gasteiger partial charge in [-0.3, -0.25) is 19.2 Å². The molecule has 228 valence electrons. The van der Waals surface area contributed by atoms with Crippen LogP contribution in [0.2, 0.25) is 0 Å². The molecule has 0 radical (unpaired) electrons. The fourth-order valence-electron chi connectivity index (χ4n) is 6.86. The van der Waals surface area contributed by atoms with E-state index in [2.05, 4.69) is 12.1 Å². The van der Waals surface area contributed by atoms with Crippen LogP contribution in [0.3, 0.4) is 0 Å². The van der Waals surface area contributed by atoms with Gasteiger partial charge in [-0.15, -0.1) is 0 Å². The molecule has 3 aliphatic rings. The van der Waals surface area contributed by atoms with E-state index in [1.807, 2.05) is 42.5 Å². The highest BCUT2D eigenvalue weighted by Crippen LogP contribution is 2.41. The molecule has 1 fully saturated rings. The van der Waals surface area contributed by atoms with Crippen LogP contribution < -0.4 is 0 Å². The zero-order valence-corrected chi connectivity index (χ0v) is 25.0. The fourth-order valence-corrected chi connectivity index (χ4v) is 6.86. The number of carbonyl (C=O) groups is 4. The molecule has 2 aromatic rings. The minimum absolute atomic E-state index is 0.00679. The van der Waals surface area contributed by atoms with Crippen molar-refractivity contribution in [3.8, 4) is 0 Å². The molecule has 0 saturated heterocycles. The Morgan fingerprint density at radius 3 is 2.33 bits per heavy atom. The molecule has 43 heavy (non-hydrogen) atoms. The van der Waals surface area contributed by atoms with E-state index in [9.17, 15) is 19.2 Å². The molecule has 1 amide bonds. The maximum absolute atomic E-state index is 14.2. The summed E-state index contributed by atoms with van der Waals surface area (Å²) in [6.07, 6.45) is 8.65. The predicted molar refractivity (Wildman–Crippen MR) is 164 cm³/mol. The second kappa shape index (κ2) is 14.7. The van der Waals surface area contributed by atoms with Crippen LogP contribution in [-0.2, 0) is 30.3 Å². The Morgan fingerprint density at radius 2 is 1.58 bits per heavy atom. The minimum atomic E-state index is -0.709. The summed E-state index contributed by atoms with van der Waals surface area (Å²) >= 11 is 0. The summed E-state index contributed by atoms with van der Waals surface area (Å²) in [7, 11) is 0. The number of aliphatic hydroxyl groups is 1. The number of benzene rings is 2. The van der Waals surface area contributed by atoms with Gasteiger partial charge < -0.3 is 14.7 Å². The van der Waals surface area contributed by atoms with Crippen molar-refractivity contribution in [2.75, 3.05) is 13.2 Å². The van der Waals surface area contributed by atoms with Crippen LogP contribution in [0, 0.1) is 0 Å². The lowest BCUT2D eigenvalue weighted by atomic mass is 9.85. The summed E-state index contributed by atoms with van der Waals surface area (Å²) in [6, 6.07) is 17.0. The van der Waals surface area contributed by atoms with Crippen molar-refractivity contribution in [3.63, 3.8) is 0 Å². The van der Waals surface area contributed by atoms with Crippen molar-refractivity contribution in [1.29, 1.82) is 0 Å². The molecular formula is C36H43NO6. The van der Waals surface area contributed by atoms with Crippen LogP contribution in [-0.4, -0.2) is 58.7 Å². The maximum Gasteiger partial charge on any atom is 0.314 e. The van der Waals surface area contributed by atoms with E-state index in [0.717, 1.165) is 56.1 Å². The number of ether oxygens (including phenoxy) is 1. The summed E-state index contributed by atoms with van der Waals surface area (Å²) in [5.74, 6) is -1.38. The zero-order chi connectivity index (χ0) is 30.2. The van der Waals surface area contributed by atoms with Gasteiger partial charge in [0.25, 0.3) is 0 Å². The van der Waals surface area contributed by atoms with Crippen LogP contribution in [0.25, 0.3) is 5.57 Å². The van der Waals surface area contributed by atoms with Gasteiger partial charge in [0.1, 0.15) is 12.7 Å². The normalized spacial score (nSPS) is 18.7. The van der Waals surface area contributed by atoms with Gasteiger partial charge in [-0.2, -0.15) is 0 Å². The Labute approximate surface area is 254 Å². The van der Waals surface area contributed by atoms with Crippen LogP contribution >= 0.6 is 0 Å². The smallest absolute Gasteiger partial charge is 0.314 e. The number of unbranched alkanes of at least 4 members (excludes halogenated alkanes) is 3. The van der Waals surface area contributed by atoms with Crippen molar-refractivity contribution < 1.29 is 29.0 Å². The van der Waals surface area contributed by atoms with Crippen LogP contribution in [0.15, 0.2) is 60.2 Å². The Hall–Kier alpha value is -3.58.